The smallest absolute Gasteiger partial charge is 0.262 e. The van der Waals surface area contributed by atoms with Crippen molar-refractivity contribution in [2.45, 2.75) is 50.9 Å². The number of benzene rings is 2. The second kappa shape index (κ2) is 9.04. The van der Waals surface area contributed by atoms with Gasteiger partial charge in [-0.05, 0) is 48.4 Å². The molecule has 1 heterocycles. The molecule has 156 valence electrons. The number of rotatable bonds is 6. The van der Waals surface area contributed by atoms with Crippen LogP contribution in [-0.4, -0.2) is 21.2 Å². The first kappa shape index (κ1) is 20.7. The molecule has 1 aliphatic carbocycles. The summed E-state index contributed by atoms with van der Waals surface area (Å²) in [5.74, 6) is 0.513. The highest BCUT2D eigenvalue weighted by atomic mass is 32.2. The largest absolute Gasteiger partial charge is 0.349 e. The molecule has 30 heavy (non-hydrogen) atoms. The van der Waals surface area contributed by atoms with Crippen LogP contribution < -0.4 is 10.9 Å². The van der Waals surface area contributed by atoms with Gasteiger partial charge < -0.3 is 5.32 Å². The van der Waals surface area contributed by atoms with Crippen molar-refractivity contribution in [1.29, 1.82) is 0 Å². The number of hydrogen-bond acceptors (Lipinski definition) is 4. The van der Waals surface area contributed by atoms with Gasteiger partial charge in [-0.1, -0.05) is 62.0 Å². The van der Waals surface area contributed by atoms with Gasteiger partial charge in [0.2, 0.25) is 5.91 Å². The predicted molar refractivity (Wildman–Crippen MR) is 122 cm³/mol. The second-order valence-corrected chi connectivity index (χ2v) is 9.16. The highest BCUT2D eigenvalue weighted by molar-refractivity contribution is 7.99. The fraction of sp³-hybridized carbons (Fsp3) is 0.375. The third kappa shape index (κ3) is 4.43. The van der Waals surface area contributed by atoms with Crippen LogP contribution in [0.3, 0.4) is 0 Å². The number of carbonyl (C=O) groups is 1. The van der Waals surface area contributed by atoms with E-state index in [0.717, 1.165) is 19.3 Å². The molecule has 0 fully saturated rings. The maximum absolute atomic E-state index is 13.0. The van der Waals surface area contributed by atoms with Crippen molar-refractivity contribution in [3.8, 4) is 0 Å². The number of carbonyl (C=O) groups excluding carboxylic acids is 1. The van der Waals surface area contributed by atoms with Crippen LogP contribution in [0.4, 0.5) is 0 Å². The van der Waals surface area contributed by atoms with Gasteiger partial charge in [0.15, 0.2) is 5.16 Å². The lowest BCUT2D eigenvalue weighted by Crippen LogP contribution is -2.32. The molecule has 0 saturated heterocycles. The zero-order valence-electron chi connectivity index (χ0n) is 17.4. The van der Waals surface area contributed by atoms with Crippen molar-refractivity contribution in [2.24, 2.45) is 5.92 Å². The Balaban J connectivity index is 1.52. The molecule has 6 heteroatoms. The fourth-order valence-electron chi connectivity index (χ4n) is 4.05. The van der Waals surface area contributed by atoms with E-state index in [4.69, 9.17) is 0 Å². The molecule has 1 aromatic heterocycles. The number of fused-ring (bicyclic) bond motifs is 2. The number of para-hydroxylation sites is 1. The highest BCUT2D eigenvalue weighted by Crippen LogP contribution is 2.29. The van der Waals surface area contributed by atoms with Crippen LogP contribution in [0.1, 0.15) is 43.9 Å². The quantitative estimate of drug-likeness (QED) is 0.475. The molecule has 4 rings (SSSR count). The average Bonchev–Trinajstić information content (AvgIpc) is 2.74. The minimum absolute atomic E-state index is 0.0276. The van der Waals surface area contributed by atoms with Gasteiger partial charge in [-0.25, -0.2) is 4.98 Å². The van der Waals surface area contributed by atoms with Crippen LogP contribution >= 0.6 is 11.8 Å². The second-order valence-electron chi connectivity index (χ2n) is 8.22. The van der Waals surface area contributed by atoms with E-state index in [1.165, 1.54) is 22.9 Å². The normalized spacial score (nSPS) is 15.9. The zero-order chi connectivity index (χ0) is 21.1. The molecule has 0 spiro atoms. The first-order chi connectivity index (χ1) is 14.5. The zero-order valence-corrected chi connectivity index (χ0v) is 18.2. The molecule has 1 aliphatic rings. The summed E-state index contributed by atoms with van der Waals surface area (Å²) in [5, 5.41) is 4.40. The third-order valence-electron chi connectivity index (χ3n) is 5.41. The Hall–Kier alpha value is -2.60. The van der Waals surface area contributed by atoms with Crippen LogP contribution in [0, 0.1) is 5.92 Å². The molecule has 1 amide bonds. The molecular weight excluding hydrogens is 394 g/mol. The molecule has 3 aromatic rings. The Morgan fingerprint density at radius 1 is 1.20 bits per heavy atom. The summed E-state index contributed by atoms with van der Waals surface area (Å²) in [6.45, 7) is 4.73. The van der Waals surface area contributed by atoms with E-state index in [1.54, 1.807) is 4.57 Å². The molecule has 0 aliphatic heterocycles. The van der Waals surface area contributed by atoms with Gasteiger partial charge in [-0.15, -0.1) is 0 Å². The van der Waals surface area contributed by atoms with Crippen molar-refractivity contribution in [3.63, 3.8) is 0 Å². The van der Waals surface area contributed by atoms with Crippen molar-refractivity contribution in [1.82, 2.24) is 14.9 Å². The first-order valence-electron chi connectivity index (χ1n) is 10.5. The van der Waals surface area contributed by atoms with E-state index in [1.807, 2.05) is 30.3 Å². The predicted octanol–water partition coefficient (Wildman–Crippen LogP) is 4.34. The summed E-state index contributed by atoms with van der Waals surface area (Å²) in [5.41, 5.74) is 3.18. The molecule has 1 atom stereocenters. The summed E-state index contributed by atoms with van der Waals surface area (Å²) in [6.07, 6.45) is 3.11. The number of hydrogen-bond donors (Lipinski definition) is 1. The lowest BCUT2D eigenvalue weighted by atomic mass is 9.88. The number of aromatic nitrogens is 2. The fourth-order valence-corrected chi connectivity index (χ4v) is 4.87. The van der Waals surface area contributed by atoms with E-state index < -0.39 is 0 Å². The van der Waals surface area contributed by atoms with Crippen LogP contribution in [0.25, 0.3) is 10.9 Å². The summed E-state index contributed by atoms with van der Waals surface area (Å²) < 4.78 is 1.71. The molecule has 0 saturated carbocycles. The molecule has 5 nitrogen and oxygen atoms in total. The van der Waals surface area contributed by atoms with E-state index >= 15 is 0 Å². The number of thioether (sulfide) groups is 1. The van der Waals surface area contributed by atoms with Gasteiger partial charge in [0.05, 0.1) is 22.7 Å². The number of nitrogens with one attached hydrogen (secondary N) is 1. The minimum Gasteiger partial charge on any atom is -0.349 e. The Bertz CT molecular complexity index is 1120. The van der Waals surface area contributed by atoms with Crippen molar-refractivity contribution < 1.29 is 4.79 Å². The lowest BCUT2D eigenvalue weighted by molar-refractivity contribution is -0.119. The van der Waals surface area contributed by atoms with Crippen molar-refractivity contribution in [3.05, 3.63) is 70.0 Å². The van der Waals surface area contributed by atoms with Crippen molar-refractivity contribution in [2.75, 3.05) is 5.75 Å². The molecule has 1 N–H and O–H groups in total. The Kier molecular flexibility index (Phi) is 6.23. The molecular formula is C24H27N3O2S. The van der Waals surface area contributed by atoms with Gasteiger partial charge >= 0.3 is 0 Å². The monoisotopic (exact) mass is 421 g/mol. The van der Waals surface area contributed by atoms with Gasteiger partial charge in [0.1, 0.15) is 0 Å². The standard InChI is InChI=1S/C24H27N3O2S/c1-16(2)14-27-23(29)19-11-5-6-12-21(19)26-24(27)30-15-22(28)25-20-13-7-9-17-8-3-4-10-18(17)20/h3-6,8,10-12,16,20H,7,9,13-15H2,1-2H3,(H,25,28). The Morgan fingerprint density at radius 3 is 2.80 bits per heavy atom. The van der Waals surface area contributed by atoms with E-state index in [0.29, 0.717) is 28.5 Å². The van der Waals surface area contributed by atoms with Gasteiger partial charge in [0, 0.05) is 6.54 Å². The topological polar surface area (TPSA) is 64.0 Å². The summed E-state index contributed by atoms with van der Waals surface area (Å²) in [6, 6.07) is 15.8. The SMILES string of the molecule is CC(C)Cn1c(SCC(=O)NC2CCCc3ccccc32)nc2ccccc2c1=O. The first-order valence-corrected chi connectivity index (χ1v) is 11.5. The summed E-state index contributed by atoms with van der Waals surface area (Å²) >= 11 is 1.34. The van der Waals surface area contributed by atoms with Crippen molar-refractivity contribution >= 4 is 28.6 Å². The molecule has 2 aromatic carbocycles. The van der Waals surface area contributed by atoms with Crippen LogP contribution in [0.2, 0.25) is 0 Å². The number of aryl methyl sites for hydroxylation is 1. The lowest BCUT2D eigenvalue weighted by Gasteiger charge is -2.26. The maximum Gasteiger partial charge on any atom is 0.262 e. The Labute approximate surface area is 180 Å². The summed E-state index contributed by atoms with van der Waals surface area (Å²) in [7, 11) is 0. The van der Waals surface area contributed by atoms with Crippen LogP contribution in [-0.2, 0) is 17.8 Å². The van der Waals surface area contributed by atoms with Gasteiger partial charge in [-0.3, -0.25) is 14.2 Å². The molecule has 0 bridgehead atoms. The molecule has 0 radical (unpaired) electrons. The number of nitrogens with zero attached hydrogens (tertiary/aromatic N) is 2. The van der Waals surface area contributed by atoms with Gasteiger partial charge in [0.25, 0.3) is 5.56 Å². The van der Waals surface area contributed by atoms with E-state index in [2.05, 4.69) is 42.3 Å². The minimum atomic E-state index is -0.0431. The molecule has 1 unspecified atom stereocenters. The van der Waals surface area contributed by atoms with E-state index in [9.17, 15) is 9.59 Å². The van der Waals surface area contributed by atoms with Crippen LogP contribution in [0.15, 0.2) is 58.5 Å². The number of amides is 1. The Morgan fingerprint density at radius 2 is 1.97 bits per heavy atom. The van der Waals surface area contributed by atoms with Gasteiger partial charge in [-0.2, -0.15) is 0 Å². The third-order valence-corrected chi connectivity index (χ3v) is 6.39. The highest BCUT2D eigenvalue weighted by Gasteiger charge is 2.22. The average molecular weight is 422 g/mol. The summed E-state index contributed by atoms with van der Waals surface area (Å²) in [4.78, 5) is 30.4. The van der Waals surface area contributed by atoms with Crippen LogP contribution in [0.5, 0.6) is 0 Å². The van der Waals surface area contributed by atoms with E-state index in [-0.39, 0.29) is 23.3 Å². The maximum atomic E-state index is 13.0.